The number of aliphatic carboxylic acids is 1. The fourth-order valence-corrected chi connectivity index (χ4v) is 2.18. The number of nitrogens with zero attached hydrogens (tertiary/aromatic N) is 1. The number of hydrogen-bond acceptors (Lipinski definition) is 4. The first-order chi connectivity index (χ1) is 7.49. The summed E-state index contributed by atoms with van der Waals surface area (Å²) >= 11 is 0. The number of carboxylic acid groups (broad SMARTS) is 1. The predicted molar refractivity (Wildman–Crippen MR) is 59.1 cm³/mol. The van der Waals surface area contributed by atoms with Gasteiger partial charge >= 0.3 is 5.97 Å². The molecule has 0 aromatic heterocycles. The molecule has 3 N–H and O–H groups in total. The van der Waals surface area contributed by atoms with Crippen LogP contribution in [-0.2, 0) is 4.79 Å². The monoisotopic (exact) mass is 231 g/mol. The van der Waals surface area contributed by atoms with Crippen molar-refractivity contribution in [2.45, 2.75) is 38.4 Å². The Kier molecular flexibility index (Phi) is 5.18. The Labute approximate surface area is 95.7 Å². The van der Waals surface area contributed by atoms with Crippen LogP contribution in [0.25, 0.3) is 0 Å². The second-order valence-electron chi connectivity index (χ2n) is 4.63. The Morgan fingerprint density at radius 2 is 1.94 bits per heavy atom. The maximum absolute atomic E-state index is 10.4. The lowest BCUT2D eigenvalue weighted by molar-refractivity contribution is -0.139. The molecule has 0 radical (unpaired) electrons. The van der Waals surface area contributed by atoms with E-state index in [2.05, 4.69) is 4.90 Å². The molecule has 0 amide bonds. The molecule has 1 fully saturated rings. The number of rotatable bonds is 5. The maximum atomic E-state index is 10.4. The number of likely N-dealkylation sites (tertiary alicyclic amines) is 1. The topological polar surface area (TPSA) is 81.0 Å². The number of piperidine rings is 1. The number of β-amino-alcohol motifs (C(OH)–C–C–N with tert-alkyl or cyclic N) is 1. The van der Waals surface area contributed by atoms with Gasteiger partial charge in [0.1, 0.15) is 0 Å². The van der Waals surface area contributed by atoms with E-state index in [1.54, 1.807) is 6.92 Å². The number of carbonyl (C=O) groups is 1. The van der Waals surface area contributed by atoms with Crippen LogP contribution in [0.5, 0.6) is 0 Å². The molecule has 0 aromatic rings. The average Bonchev–Trinajstić information content (AvgIpc) is 2.16. The fourth-order valence-electron chi connectivity index (χ4n) is 2.18. The molecule has 0 aromatic carbocycles. The van der Waals surface area contributed by atoms with Gasteiger partial charge in [-0.05, 0) is 38.8 Å². The highest BCUT2D eigenvalue weighted by molar-refractivity contribution is 5.67. The van der Waals surface area contributed by atoms with Gasteiger partial charge in [-0.2, -0.15) is 0 Å². The summed E-state index contributed by atoms with van der Waals surface area (Å²) in [6, 6.07) is 0. The van der Waals surface area contributed by atoms with Crippen LogP contribution in [0.1, 0.15) is 26.2 Å². The van der Waals surface area contributed by atoms with Gasteiger partial charge in [0, 0.05) is 6.54 Å². The van der Waals surface area contributed by atoms with Gasteiger partial charge in [-0.25, -0.2) is 0 Å². The van der Waals surface area contributed by atoms with E-state index in [9.17, 15) is 15.0 Å². The minimum atomic E-state index is -0.966. The molecule has 1 rings (SSSR count). The minimum Gasteiger partial charge on any atom is -0.481 e. The van der Waals surface area contributed by atoms with Crippen LogP contribution in [0, 0.1) is 5.92 Å². The zero-order chi connectivity index (χ0) is 12.1. The fraction of sp³-hybridized carbons (Fsp3) is 0.909. The number of hydrogen-bond donors (Lipinski definition) is 3. The molecule has 2 atom stereocenters. The highest BCUT2D eigenvalue weighted by Gasteiger charge is 2.24. The van der Waals surface area contributed by atoms with Gasteiger partial charge in [-0.3, -0.25) is 4.79 Å². The molecule has 0 spiro atoms. The third kappa shape index (κ3) is 4.47. The van der Waals surface area contributed by atoms with Gasteiger partial charge in [-0.1, -0.05) is 0 Å². The lowest BCUT2D eigenvalue weighted by Crippen LogP contribution is -2.41. The summed E-state index contributed by atoms with van der Waals surface area (Å²) in [5.41, 5.74) is 0. The number of aliphatic hydroxyl groups excluding tert-OH is 2. The van der Waals surface area contributed by atoms with E-state index in [-0.39, 0.29) is 12.5 Å². The summed E-state index contributed by atoms with van der Waals surface area (Å²) in [7, 11) is 0. The van der Waals surface area contributed by atoms with Crippen LogP contribution in [-0.4, -0.2) is 58.0 Å². The molecule has 0 bridgehead atoms. The van der Waals surface area contributed by atoms with Crippen LogP contribution < -0.4 is 0 Å². The Morgan fingerprint density at radius 1 is 1.38 bits per heavy atom. The Balaban J connectivity index is 2.24. The summed E-state index contributed by atoms with van der Waals surface area (Å²) in [5, 5.41) is 27.4. The zero-order valence-corrected chi connectivity index (χ0v) is 9.67. The van der Waals surface area contributed by atoms with Gasteiger partial charge in [0.25, 0.3) is 0 Å². The van der Waals surface area contributed by atoms with Crippen molar-refractivity contribution >= 4 is 5.97 Å². The van der Waals surface area contributed by atoms with Crippen molar-refractivity contribution in [3.8, 4) is 0 Å². The minimum absolute atomic E-state index is 0.198. The molecule has 1 aliphatic rings. The van der Waals surface area contributed by atoms with Gasteiger partial charge in [-0.15, -0.1) is 0 Å². The number of aliphatic hydroxyl groups is 2. The Morgan fingerprint density at radius 3 is 2.38 bits per heavy atom. The first-order valence-corrected chi connectivity index (χ1v) is 5.79. The van der Waals surface area contributed by atoms with Crippen molar-refractivity contribution in [3.63, 3.8) is 0 Å². The first kappa shape index (κ1) is 13.4. The molecule has 0 aliphatic carbocycles. The Bertz CT molecular complexity index is 224. The quantitative estimate of drug-likeness (QED) is 0.616. The van der Waals surface area contributed by atoms with Crippen LogP contribution in [0.4, 0.5) is 0 Å². The van der Waals surface area contributed by atoms with Gasteiger partial charge < -0.3 is 20.2 Å². The van der Waals surface area contributed by atoms with E-state index < -0.39 is 12.1 Å². The maximum Gasteiger partial charge on any atom is 0.306 e. The van der Waals surface area contributed by atoms with Crippen molar-refractivity contribution in [2.75, 3.05) is 19.6 Å². The highest BCUT2D eigenvalue weighted by Crippen LogP contribution is 2.20. The van der Waals surface area contributed by atoms with Crippen LogP contribution in [0.3, 0.4) is 0 Å². The molecule has 5 heteroatoms. The van der Waals surface area contributed by atoms with E-state index in [1.165, 1.54) is 0 Å². The molecular formula is C11H21NO4. The lowest BCUT2D eigenvalue weighted by atomic mass is 9.92. The van der Waals surface area contributed by atoms with Gasteiger partial charge in [0.2, 0.25) is 0 Å². The standard InChI is InChI=1S/C11H21NO4/c1-8(13)9-2-4-12(5-3-9)7-10(14)6-11(15)16/h8-10,13-14H,2-7H2,1H3,(H,15,16). The normalized spacial score (nSPS) is 22.9. The van der Waals surface area contributed by atoms with Crippen molar-refractivity contribution < 1.29 is 20.1 Å². The van der Waals surface area contributed by atoms with E-state index in [4.69, 9.17) is 5.11 Å². The smallest absolute Gasteiger partial charge is 0.306 e. The van der Waals surface area contributed by atoms with Crippen LogP contribution in [0.2, 0.25) is 0 Å². The van der Waals surface area contributed by atoms with Crippen molar-refractivity contribution in [1.29, 1.82) is 0 Å². The second kappa shape index (κ2) is 6.18. The van der Waals surface area contributed by atoms with E-state index >= 15 is 0 Å². The first-order valence-electron chi connectivity index (χ1n) is 5.79. The molecule has 16 heavy (non-hydrogen) atoms. The van der Waals surface area contributed by atoms with Crippen LogP contribution >= 0.6 is 0 Å². The predicted octanol–water partition coefficient (Wildman–Crippen LogP) is -0.0852. The molecule has 94 valence electrons. The van der Waals surface area contributed by atoms with Crippen LogP contribution in [0.15, 0.2) is 0 Å². The molecular weight excluding hydrogens is 210 g/mol. The molecule has 1 heterocycles. The largest absolute Gasteiger partial charge is 0.481 e. The SMILES string of the molecule is CC(O)C1CCN(CC(O)CC(=O)O)CC1. The third-order valence-corrected chi connectivity index (χ3v) is 3.19. The summed E-state index contributed by atoms with van der Waals surface area (Å²) in [5.74, 6) is -0.626. The summed E-state index contributed by atoms with van der Waals surface area (Å²) in [6.07, 6.45) is 0.567. The molecule has 0 saturated carbocycles. The summed E-state index contributed by atoms with van der Waals surface area (Å²) in [6.45, 7) is 3.87. The summed E-state index contributed by atoms with van der Waals surface area (Å²) in [4.78, 5) is 12.4. The van der Waals surface area contributed by atoms with E-state index in [0.29, 0.717) is 12.5 Å². The third-order valence-electron chi connectivity index (χ3n) is 3.19. The second-order valence-corrected chi connectivity index (χ2v) is 4.63. The molecule has 5 nitrogen and oxygen atoms in total. The molecule has 2 unspecified atom stereocenters. The van der Waals surface area contributed by atoms with Gasteiger partial charge in [0.15, 0.2) is 0 Å². The molecule has 1 aliphatic heterocycles. The molecule has 1 saturated heterocycles. The van der Waals surface area contributed by atoms with E-state index in [0.717, 1.165) is 25.9 Å². The van der Waals surface area contributed by atoms with Crippen molar-refractivity contribution in [2.24, 2.45) is 5.92 Å². The van der Waals surface area contributed by atoms with Crippen molar-refractivity contribution in [3.05, 3.63) is 0 Å². The van der Waals surface area contributed by atoms with Gasteiger partial charge in [0.05, 0.1) is 18.6 Å². The number of carboxylic acids is 1. The zero-order valence-electron chi connectivity index (χ0n) is 9.67. The summed E-state index contributed by atoms with van der Waals surface area (Å²) < 4.78 is 0. The average molecular weight is 231 g/mol. The highest BCUT2D eigenvalue weighted by atomic mass is 16.4. The van der Waals surface area contributed by atoms with E-state index in [1.807, 2.05) is 0 Å². The lowest BCUT2D eigenvalue weighted by Gasteiger charge is -2.34. The van der Waals surface area contributed by atoms with Crippen molar-refractivity contribution in [1.82, 2.24) is 4.90 Å². The Hall–Kier alpha value is -0.650.